The molecule has 0 fully saturated rings. The van der Waals surface area contributed by atoms with E-state index < -0.39 is 0 Å². The first-order chi connectivity index (χ1) is 8.56. The molecule has 0 aliphatic rings. The number of hydrogen-bond acceptors (Lipinski definition) is 4. The molecule has 0 saturated heterocycles. The monoisotopic (exact) mass is 325 g/mol. The number of rotatable bonds is 3. The van der Waals surface area contributed by atoms with Gasteiger partial charge in [-0.1, -0.05) is 0 Å². The second kappa shape index (κ2) is 5.58. The van der Waals surface area contributed by atoms with Gasteiger partial charge in [-0.15, -0.1) is 11.3 Å². The predicted molar refractivity (Wildman–Crippen MR) is 74.6 cm³/mol. The standard InChI is InChI=1S/C12H12BrN3OS/c1-8-15-6-11(18-8)7-16(2)12(17)9-3-10(13)5-14-4-9/h3-6H,7H2,1-2H3. The fourth-order valence-corrected chi connectivity index (χ4v) is 2.75. The lowest BCUT2D eigenvalue weighted by atomic mass is 10.2. The van der Waals surface area contributed by atoms with Gasteiger partial charge in [0, 0.05) is 35.0 Å². The second-order valence-corrected chi connectivity index (χ2v) is 6.13. The van der Waals surface area contributed by atoms with Gasteiger partial charge in [-0.3, -0.25) is 9.78 Å². The van der Waals surface area contributed by atoms with Crippen LogP contribution >= 0.6 is 27.3 Å². The van der Waals surface area contributed by atoms with Crippen LogP contribution in [0.2, 0.25) is 0 Å². The molecule has 0 spiro atoms. The third kappa shape index (κ3) is 3.14. The van der Waals surface area contributed by atoms with Crippen molar-refractivity contribution in [3.8, 4) is 0 Å². The van der Waals surface area contributed by atoms with Crippen LogP contribution in [-0.4, -0.2) is 27.8 Å². The van der Waals surface area contributed by atoms with E-state index in [0.29, 0.717) is 12.1 Å². The molecular weight excluding hydrogens is 314 g/mol. The number of aromatic nitrogens is 2. The van der Waals surface area contributed by atoms with Crippen molar-refractivity contribution in [2.24, 2.45) is 0 Å². The number of aryl methyl sites for hydroxylation is 1. The normalized spacial score (nSPS) is 10.4. The summed E-state index contributed by atoms with van der Waals surface area (Å²) in [4.78, 5) is 23.1. The van der Waals surface area contributed by atoms with E-state index in [2.05, 4.69) is 25.9 Å². The van der Waals surface area contributed by atoms with Crippen molar-refractivity contribution >= 4 is 33.2 Å². The summed E-state index contributed by atoms with van der Waals surface area (Å²) in [5, 5.41) is 1.01. The van der Waals surface area contributed by atoms with Crippen LogP contribution in [0.5, 0.6) is 0 Å². The number of halogens is 1. The molecule has 0 N–H and O–H groups in total. The van der Waals surface area contributed by atoms with Gasteiger partial charge in [0.1, 0.15) is 0 Å². The van der Waals surface area contributed by atoms with E-state index >= 15 is 0 Å². The molecule has 4 nitrogen and oxygen atoms in total. The fourth-order valence-electron chi connectivity index (χ4n) is 1.53. The molecule has 0 aliphatic carbocycles. The first-order valence-electron chi connectivity index (χ1n) is 5.33. The lowest BCUT2D eigenvalue weighted by molar-refractivity contribution is 0.0786. The van der Waals surface area contributed by atoms with Crippen LogP contribution in [0.25, 0.3) is 0 Å². The number of hydrogen-bond donors (Lipinski definition) is 0. The molecule has 2 aromatic heterocycles. The highest BCUT2D eigenvalue weighted by molar-refractivity contribution is 9.10. The van der Waals surface area contributed by atoms with E-state index in [-0.39, 0.29) is 5.91 Å². The molecule has 0 saturated carbocycles. The van der Waals surface area contributed by atoms with Crippen LogP contribution in [0.15, 0.2) is 29.1 Å². The van der Waals surface area contributed by atoms with Gasteiger partial charge in [-0.05, 0) is 28.9 Å². The van der Waals surface area contributed by atoms with E-state index in [9.17, 15) is 4.79 Å². The van der Waals surface area contributed by atoms with Gasteiger partial charge < -0.3 is 4.90 Å². The SMILES string of the molecule is Cc1ncc(CN(C)C(=O)c2cncc(Br)c2)s1. The van der Waals surface area contributed by atoms with E-state index in [1.165, 1.54) is 0 Å². The summed E-state index contributed by atoms with van der Waals surface area (Å²) >= 11 is 4.91. The Hall–Kier alpha value is -1.27. The Morgan fingerprint density at radius 1 is 1.44 bits per heavy atom. The molecule has 2 aromatic rings. The molecule has 0 aliphatic heterocycles. The summed E-state index contributed by atoms with van der Waals surface area (Å²) < 4.78 is 0.801. The number of pyridine rings is 1. The van der Waals surface area contributed by atoms with Crippen LogP contribution in [0.1, 0.15) is 20.2 Å². The van der Waals surface area contributed by atoms with E-state index in [4.69, 9.17) is 0 Å². The topological polar surface area (TPSA) is 46.1 Å². The molecule has 0 aromatic carbocycles. The number of thiazole rings is 1. The third-order valence-electron chi connectivity index (χ3n) is 2.36. The minimum atomic E-state index is -0.0464. The van der Waals surface area contributed by atoms with Gasteiger partial charge in [0.15, 0.2) is 0 Å². The van der Waals surface area contributed by atoms with Crippen molar-refractivity contribution in [2.75, 3.05) is 7.05 Å². The zero-order valence-corrected chi connectivity index (χ0v) is 12.5. The van der Waals surface area contributed by atoms with Gasteiger partial charge in [-0.25, -0.2) is 4.98 Å². The maximum atomic E-state index is 12.2. The van der Waals surface area contributed by atoms with Gasteiger partial charge in [-0.2, -0.15) is 0 Å². The summed E-state index contributed by atoms with van der Waals surface area (Å²) in [5.74, 6) is -0.0464. The summed E-state index contributed by atoms with van der Waals surface area (Å²) in [6.07, 6.45) is 5.04. The zero-order chi connectivity index (χ0) is 13.1. The van der Waals surface area contributed by atoms with Crippen molar-refractivity contribution in [1.82, 2.24) is 14.9 Å². The number of carbonyl (C=O) groups excluding carboxylic acids is 1. The van der Waals surface area contributed by atoms with Crippen LogP contribution in [0.4, 0.5) is 0 Å². The summed E-state index contributed by atoms with van der Waals surface area (Å²) in [7, 11) is 1.78. The average molecular weight is 326 g/mol. The van der Waals surface area contributed by atoms with Crippen molar-refractivity contribution in [3.63, 3.8) is 0 Å². The lowest BCUT2D eigenvalue weighted by Gasteiger charge is -2.15. The molecular formula is C12H12BrN3OS. The Morgan fingerprint density at radius 2 is 2.22 bits per heavy atom. The molecule has 0 bridgehead atoms. The van der Waals surface area contributed by atoms with Crippen molar-refractivity contribution in [1.29, 1.82) is 0 Å². The summed E-state index contributed by atoms with van der Waals surface area (Å²) in [6, 6.07) is 1.77. The molecule has 18 heavy (non-hydrogen) atoms. The molecule has 0 radical (unpaired) electrons. The van der Waals surface area contributed by atoms with Crippen LogP contribution in [-0.2, 0) is 6.54 Å². The van der Waals surface area contributed by atoms with Crippen LogP contribution in [0, 0.1) is 6.92 Å². The predicted octanol–water partition coefficient (Wildman–Crippen LogP) is 2.88. The van der Waals surface area contributed by atoms with Crippen LogP contribution in [0.3, 0.4) is 0 Å². The number of amides is 1. The molecule has 1 amide bonds. The molecule has 2 rings (SSSR count). The van der Waals surface area contributed by atoms with E-state index in [1.54, 1.807) is 41.7 Å². The average Bonchev–Trinajstić information content (AvgIpc) is 2.73. The molecule has 0 unspecified atom stereocenters. The second-order valence-electron chi connectivity index (χ2n) is 3.90. The first-order valence-corrected chi connectivity index (χ1v) is 6.94. The Kier molecular flexibility index (Phi) is 4.08. The maximum Gasteiger partial charge on any atom is 0.255 e. The van der Waals surface area contributed by atoms with Gasteiger partial charge in [0.2, 0.25) is 0 Å². The Morgan fingerprint density at radius 3 is 2.83 bits per heavy atom. The zero-order valence-electron chi connectivity index (χ0n) is 10.1. The van der Waals surface area contributed by atoms with Crippen molar-refractivity contribution < 1.29 is 4.79 Å². The van der Waals surface area contributed by atoms with E-state index in [1.807, 2.05) is 13.1 Å². The summed E-state index contributed by atoms with van der Waals surface area (Å²) in [6.45, 7) is 2.52. The summed E-state index contributed by atoms with van der Waals surface area (Å²) in [5.41, 5.74) is 0.577. The molecule has 2 heterocycles. The highest BCUT2D eigenvalue weighted by Gasteiger charge is 2.13. The highest BCUT2D eigenvalue weighted by Crippen LogP contribution is 2.16. The minimum absolute atomic E-state index is 0.0464. The maximum absolute atomic E-state index is 12.2. The highest BCUT2D eigenvalue weighted by atomic mass is 79.9. The van der Waals surface area contributed by atoms with Gasteiger partial charge in [0.25, 0.3) is 5.91 Å². The Bertz CT molecular complexity index is 570. The van der Waals surface area contributed by atoms with Gasteiger partial charge >= 0.3 is 0 Å². The smallest absolute Gasteiger partial charge is 0.255 e. The van der Waals surface area contributed by atoms with Crippen molar-refractivity contribution in [2.45, 2.75) is 13.5 Å². The number of nitrogens with zero attached hydrogens (tertiary/aromatic N) is 3. The Labute approximate surface area is 118 Å². The lowest BCUT2D eigenvalue weighted by Crippen LogP contribution is -2.25. The first kappa shape index (κ1) is 13.2. The molecule has 94 valence electrons. The van der Waals surface area contributed by atoms with Crippen molar-refractivity contribution in [3.05, 3.63) is 44.6 Å². The quantitative estimate of drug-likeness (QED) is 0.871. The molecule has 0 atom stereocenters. The molecule has 6 heteroatoms. The minimum Gasteiger partial charge on any atom is -0.336 e. The van der Waals surface area contributed by atoms with E-state index in [0.717, 1.165) is 14.4 Å². The third-order valence-corrected chi connectivity index (χ3v) is 3.69. The Balaban J connectivity index is 2.09. The van der Waals surface area contributed by atoms with Gasteiger partial charge in [0.05, 0.1) is 17.1 Å². The fraction of sp³-hybridized carbons (Fsp3) is 0.250. The largest absolute Gasteiger partial charge is 0.336 e. The van der Waals surface area contributed by atoms with Crippen LogP contribution < -0.4 is 0 Å². The number of carbonyl (C=O) groups is 1.